The molecule has 1 saturated carbocycles. The highest BCUT2D eigenvalue weighted by molar-refractivity contribution is 5.88. The van der Waals surface area contributed by atoms with Crippen LogP contribution in [0, 0.1) is 16.7 Å². The molecule has 1 heterocycles. The van der Waals surface area contributed by atoms with E-state index in [1.807, 2.05) is 0 Å². The summed E-state index contributed by atoms with van der Waals surface area (Å²) in [5.41, 5.74) is 4.95. The lowest BCUT2D eigenvalue weighted by Crippen LogP contribution is -2.39. The molecule has 118 valence electrons. The summed E-state index contributed by atoms with van der Waals surface area (Å²) in [4.78, 5) is 11.8. The van der Waals surface area contributed by atoms with Crippen LogP contribution in [0.1, 0.15) is 26.7 Å². The minimum absolute atomic E-state index is 0.0631. The number of rotatable bonds is 6. The van der Waals surface area contributed by atoms with Crippen molar-refractivity contribution < 1.29 is 19.4 Å². The first-order valence-corrected chi connectivity index (χ1v) is 7.14. The number of aliphatic hydroxyl groups is 1. The molecule has 0 aromatic heterocycles. The summed E-state index contributed by atoms with van der Waals surface area (Å²) in [6, 6.07) is 0. The first-order chi connectivity index (χ1) is 9.90. The third-order valence-corrected chi connectivity index (χ3v) is 3.97. The van der Waals surface area contributed by atoms with E-state index in [-0.39, 0.29) is 36.0 Å². The Kier molecular flexibility index (Phi) is 4.53. The van der Waals surface area contributed by atoms with Gasteiger partial charge in [-0.15, -0.1) is 0 Å². The quantitative estimate of drug-likeness (QED) is 0.313. The third kappa shape index (κ3) is 3.19. The topological polar surface area (TPSA) is 118 Å². The zero-order valence-electron chi connectivity index (χ0n) is 12.3. The van der Waals surface area contributed by atoms with Gasteiger partial charge in [0.15, 0.2) is 0 Å². The van der Waals surface area contributed by atoms with Gasteiger partial charge in [0, 0.05) is 6.20 Å². The zero-order chi connectivity index (χ0) is 15.6. The molecule has 2 aliphatic rings. The van der Waals surface area contributed by atoms with Crippen molar-refractivity contribution in [2.45, 2.75) is 45.1 Å². The van der Waals surface area contributed by atoms with E-state index < -0.39 is 12.2 Å². The van der Waals surface area contributed by atoms with Crippen LogP contribution in [0.3, 0.4) is 0 Å². The highest BCUT2D eigenvalue weighted by Crippen LogP contribution is 2.58. The van der Waals surface area contributed by atoms with E-state index in [0.717, 1.165) is 12.8 Å². The number of nitrogens with two attached hydrogens (primary N) is 1. The van der Waals surface area contributed by atoms with Gasteiger partial charge in [-0.2, -0.15) is 0 Å². The SMILES string of the molecule is CC(C)C(=O)O[C@@H]1[C@@H](CO)O[C@@H](N/C=C\C(=N)N)C12CC2. The molecule has 0 aromatic rings. The number of hydrogen-bond donors (Lipinski definition) is 4. The fourth-order valence-electron chi connectivity index (χ4n) is 2.62. The second-order valence-corrected chi connectivity index (χ2v) is 5.94. The molecule has 0 aromatic carbocycles. The number of carbonyl (C=O) groups is 1. The Labute approximate surface area is 124 Å². The molecule has 1 spiro atoms. The smallest absolute Gasteiger partial charge is 0.308 e. The number of aliphatic hydroxyl groups excluding tert-OH is 1. The van der Waals surface area contributed by atoms with Crippen molar-refractivity contribution in [1.29, 1.82) is 5.41 Å². The van der Waals surface area contributed by atoms with Crippen molar-refractivity contribution in [3.8, 4) is 0 Å². The van der Waals surface area contributed by atoms with Gasteiger partial charge in [0.1, 0.15) is 24.3 Å². The highest BCUT2D eigenvalue weighted by atomic mass is 16.6. The summed E-state index contributed by atoms with van der Waals surface area (Å²) in [5.74, 6) is -0.565. The lowest BCUT2D eigenvalue weighted by molar-refractivity contribution is -0.159. The molecule has 5 N–H and O–H groups in total. The van der Waals surface area contributed by atoms with Crippen LogP contribution in [0.25, 0.3) is 0 Å². The Bertz CT molecular complexity index is 446. The molecule has 1 aliphatic carbocycles. The first-order valence-electron chi connectivity index (χ1n) is 7.14. The monoisotopic (exact) mass is 297 g/mol. The van der Waals surface area contributed by atoms with Gasteiger partial charge in [-0.1, -0.05) is 13.8 Å². The number of hydrogen-bond acceptors (Lipinski definition) is 6. The highest BCUT2D eigenvalue weighted by Gasteiger charge is 2.65. The van der Waals surface area contributed by atoms with E-state index in [9.17, 15) is 9.90 Å². The average molecular weight is 297 g/mol. The van der Waals surface area contributed by atoms with E-state index in [4.69, 9.17) is 20.6 Å². The molecule has 2 rings (SSSR count). The van der Waals surface area contributed by atoms with Gasteiger partial charge in [-0.25, -0.2) is 0 Å². The third-order valence-electron chi connectivity index (χ3n) is 3.97. The molecule has 0 bridgehead atoms. The van der Waals surface area contributed by atoms with Crippen molar-refractivity contribution in [3.05, 3.63) is 12.3 Å². The number of amidine groups is 1. The average Bonchev–Trinajstić information content (AvgIpc) is 3.15. The fourth-order valence-corrected chi connectivity index (χ4v) is 2.62. The van der Waals surface area contributed by atoms with Gasteiger partial charge < -0.3 is 25.6 Å². The van der Waals surface area contributed by atoms with Gasteiger partial charge >= 0.3 is 5.97 Å². The fraction of sp³-hybridized carbons (Fsp3) is 0.714. The maximum atomic E-state index is 11.8. The van der Waals surface area contributed by atoms with Crippen LogP contribution in [0.2, 0.25) is 0 Å². The van der Waals surface area contributed by atoms with E-state index >= 15 is 0 Å². The van der Waals surface area contributed by atoms with Crippen molar-refractivity contribution in [2.75, 3.05) is 6.61 Å². The molecule has 1 aliphatic heterocycles. The Morgan fingerprint density at radius 1 is 1.62 bits per heavy atom. The summed E-state index contributed by atoms with van der Waals surface area (Å²) in [7, 11) is 0. The standard InChI is InChI=1S/C14H23N3O4/c1-8(2)12(19)21-11-9(7-18)20-13(14(11)4-5-14)17-6-3-10(15)16/h3,6,8-9,11,13,17-18H,4-5,7H2,1-2H3,(H3,15,16)/b6-3-/t9-,11-,13-/m1/s1. The maximum Gasteiger partial charge on any atom is 0.308 e. The summed E-state index contributed by atoms with van der Waals surface area (Å²) in [6.45, 7) is 3.35. The van der Waals surface area contributed by atoms with Crippen molar-refractivity contribution >= 4 is 11.8 Å². The van der Waals surface area contributed by atoms with E-state index in [1.165, 1.54) is 6.08 Å². The van der Waals surface area contributed by atoms with Crippen molar-refractivity contribution in [3.63, 3.8) is 0 Å². The molecule has 0 amide bonds. The first kappa shape index (κ1) is 15.8. The Morgan fingerprint density at radius 2 is 2.29 bits per heavy atom. The molecular formula is C14H23N3O4. The van der Waals surface area contributed by atoms with Crippen LogP contribution >= 0.6 is 0 Å². The van der Waals surface area contributed by atoms with Crippen LogP contribution in [-0.4, -0.2) is 42.0 Å². The predicted octanol–water partition coefficient (Wildman–Crippen LogP) is 0.0909. The van der Waals surface area contributed by atoms with Crippen LogP contribution in [0.5, 0.6) is 0 Å². The van der Waals surface area contributed by atoms with Crippen LogP contribution in [-0.2, 0) is 14.3 Å². The lowest BCUT2D eigenvalue weighted by Gasteiger charge is -2.24. The molecular weight excluding hydrogens is 274 g/mol. The predicted molar refractivity (Wildman–Crippen MR) is 76.3 cm³/mol. The summed E-state index contributed by atoms with van der Waals surface area (Å²) in [6.07, 6.45) is 3.37. The lowest BCUT2D eigenvalue weighted by atomic mass is 9.96. The minimum atomic E-state index is -0.529. The van der Waals surface area contributed by atoms with E-state index in [2.05, 4.69) is 5.32 Å². The Balaban J connectivity index is 2.07. The van der Waals surface area contributed by atoms with Crippen molar-refractivity contribution in [1.82, 2.24) is 5.32 Å². The molecule has 0 radical (unpaired) electrons. The van der Waals surface area contributed by atoms with Gasteiger partial charge in [0.2, 0.25) is 0 Å². The maximum absolute atomic E-state index is 11.8. The van der Waals surface area contributed by atoms with Crippen LogP contribution in [0.15, 0.2) is 12.3 Å². The van der Waals surface area contributed by atoms with Gasteiger partial charge in [0.05, 0.1) is 17.9 Å². The summed E-state index contributed by atoms with van der Waals surface area (Å²) >= 11 is 0. The second-order valence-electron chi connectivity index (χ2n) is 5.94. The van der Waals surface area contributed by atoms with Gasteiger partial charge in [-0.3, -0.25) is 10.2 Å². The van der Waals surface area contributed by atoms with Crippen molar-refractivity contribution in [2.24, 2.45) is 17.1 Å². The second kappa shape index (κ2) is 6.03. The van der Waals surface area contributed by atoms with Gasteiger partial charge in [0.25, 0.3) is 0 Å². The minimum Gasteiger partial charge on any atom is -0.459 e. The molecule has 3 atom stereocenters. The summed E-state index contributed by atoms with van der Waals surface area (Å²) in [5, 5.41) is 19.6. The Hall–Kier alpha value is -1.60. The number of carbonyl (C=O) groups excluding carboxylic acids is 1. The molecule has 0 unspecified atom stereocenters. The molecule has 7 nitrogen and oxygen atoms in total. The normalized spacial score (nSPS) is 30.0. The zero-order valence-corrected chi connectivity index (χ0v) is 12.3. The largest absolute Gasteiger partial charge is 0.459 e. The molecule has 2 fully saturated rings. The van der Waals surface area contributed by atoms with Crippen LogP contribution < -0.4 is 11.1 Å². The van der Waals surface area contributed by atoms with E-state index in [0.29, 0.717) is 0 Å². The van der Waals surface area contributed by atoms with Crippen LogP contribution in [0.4, 0.5) is 0 Å². The number of ether oxygens (including phenoxy) is 2. The Morgan fingerprint density at radius 3 is 2.76 bits per heavy atom. The molecule has 21 heavy (non-hydrogen) atoms. The summed E-state index contributed by atoms with van der Waals surface area (Å²) < 4.78 is 11.3. The number of nitrogens with one attached hydrogen (secondary N) is 2. The molecule has 1 saturated heterocycles. The van der Waals surface area contributed by atoms with Gasteiger partial charge in [-0.05, 0) is 18.9 Å². The molecule has 7 heteroatoms. The number of esters is 1. The van der Waals surface area contributed by atoms with E-state index in [1.54, 1.807) is 20.0 Å².